The Labute approximate surface area is 144 Å². The third-order valence-electron chi connectivity index (χ3n) is 3.66. The number of hydrogen-bond donors (Lipinski definition) is 2. The number of nitrogens with two attached hydrogens (primary N) is 2. The summed E-state index contributed by atoms with van der Waals surface area (Å²) in [6.45, 7) is 3.52. The second kappa shape index (κ2) is 8.34. The number of nitrogens with zero attached hydrogens (tertiary/aromatic N) is 1. The van der Waals surface area contributed by atoms with Crippen LogP contribution in [0.3, 0.4) is 0 Å². The number of pyridine rings is 1. The van der Waals surface area contributed by atoms with E-state index in [1.54, 1.807) is 19.9 Å². The van der Waals surface area contributed by atoms with E-state index >= 15 is 0 Å². The number of aromatic nitrogens is 1. The molecule has 0 bridgehead atoms. The van der Waals surface area contributed by atoms with Crippen LogP contribution in [0.1, 0.15) is 51.4 Å². The van der Waals surface area contributed by atoms with Crippen LogP contribution in [0.25, 0.3) is 0 Å². The molecule has 0 saturated carbocycles. The summed E-state index contributed by atoms with van der Waals surface area (Å²) in [5.41, 5.74) is 8.51. The van der Waals surface area contributed by atoms with Crippen LogP contribution in [0.2, 0.25) is 0 Å². The monoisotopic (exact) mass is 356 g/mol. The predicted octanol–water partition coefficient (Wildman–Crippen LogP) is 0.831. The van der Waals surface area contributed by atoms with Gasteiger partial charge in [-0.2, -0.15) is 0 Å². The van der Waals surface area contributed by atoms with Gasteiger partial charge in [0.1, 0.15) is 5.69 Å². The molecule has 24 heavy (non-hydrogen) atoms. The van der Waals surface area contributed by atoms with Crippen molar-refractivity contribution >= 4 is 21.5 Å². The van der Waals surface area contributed by atoms with Gasteiger partial charge in [-0.1, -0.05) is 32.8 Å². The van der Waals surface area contributed by atoms with E-state index < -0.39 is 38.0 Å². The molecule has 0 saturated heterocycles. The quantitative estimate of drug-likeness (QED) is 0.471. The van der Waals surface area contributed by atoms with Crippen molar-refractivity contribution < 1.29 is 19.4 Å². The first-order valence-electron chi connectivity index (χ1n) is 8.31. The molecule has 0 fully saturated rings. The number of sulfone groups is 1. The molecule has 0 radical (unpaired) electrons. The van der Waals surface area contributed by atoms with Crippen molar-refractivity contribution in [2.75, 3.05) is 5.75 Å². The molecule has 8 heteroatoms. The standard InChI is InChI=1S/C16H25N3O4S/c1-3-7-12(8-4-2)24(22,23)11-16(18,15(17)21)14(20)13-9-5-6-10-19-13/h5-6,9-10,12H,3-4,7-8,11,18H2,1-2H3,(H2,17,21)/t16-/m1/s1/i12D. The van der Waals surface area contributed by atoms with Crippen molar-refractivity contribution in [3.05, 3.63) is 30.1 Å². The number of Topliss-reactive ketones (excluding diaryl/α,β-unsaturated/α-hetero) is 1. The van der Waals surface area contributed by atoms with E-state index in [0.717, 1.165) is 0 Å². The van der Waals surface area contributed by atoms with Crippen molar-refractivity contribution in [2.24, 2.45) is 11.5 Å². The summed E-state index contributed by atoms with van der Waals surface area (Å²) in [5.74, 6) is -3.25. The average Bonchev–Trinajstić information content (AvgIpc) is 2.54. The molecule has 1 heterocycles. The second-order valence-electron chi connectivity index (χ2n) is 5.68. The second-order valence-corrected chi connectivity index (χ2v) is 7.77. The van der Waals surface area contributed by atoms with Crippen LogP contribution in [0.5, 0.6) is 0 Å². The molecule has 7 nitrogen and oxygen atoms in total. The lowest BCUT2D eigenvalue weighted by Crippen LogP contribution is -2.63. The fourth-order valence-corrected chi connectivity index (χ4v) is 4.48. The predicted molar refractivity (Wildman–Crippen MR) is 92.1 cm³/mol. The van der Waals surface area contributed by atoms with E-state index in [2.05, 4.69) is 4.98 Å². The molecule has 1 aromatic heterocycles. The van der Waals surface area contributed by atoms with Crippen LogP contribution in [0, 0.1) is 0 Å². The summed E-state index contributed by atoms with van der Waals surface area (Å²) in [6.07, 6.45) is 2.41. The summed E-state index contributed by atoms with van der Waals surface area (Å²) < 4.78 is 34.0. The van der Waals surface area contributed by atoms with E-state index in [-0.39, 0.29) is 18.5 Å². The Morgan fingerprint density at radius 2 is 1.88 bits per heavy atom. The van der Waals surface area contributed by atoms with Crippen LogP contribution in [0.15, 0.2) is 24.4 Å². The first-order valence-corrected chi connectivity index (χ1v) is 9.46. The average molecular weight is 356 g/mol. The molecular weight excluding hydrogens is 330 g/mol. The zero-order valence-electron chi connectivity index (χ0n) is 15.0. The van der Waals surface area contributed by atoms with Gasteiger partial charge in [-0.15, -0.1) is 0 Å². The van der Waals surface area contributed by atoms with E-state index in [1.807, 2.05) is 0 Å². The molecule has 1 rings (SSSR count). The molecular formula is C16H25N3O4S. The smallest absolute Gasteiger partial charge is 0.246 e. The largest absolute Gasteiger partial charge is 0.368 e. The number of rotatable bonds is 10. The Hall–Kier alpha value is -1.80. The minimum Gasteiger partial charge on any atom is -0.368 e. The molecule has 4 N–H and O–H groups in total. The van der Waals surface area contributed by atoms with Crippen LogP contribution >= 0.6 is 0 Å². The fraction of sp³-hybridized carbons (Fsp3) is 0.562. The summed E-state index contributed by atoms with van der Waals surface area (Å²) in [5, 5.41) is -1.82. The molecule has 0 aromatic carbocycles. The van der Waals surface area contributed by atoms with Gasteiger partial charge in [-0.05, 0) is 25.0 Å². The van der Waals surface area contributed by atoms with Crippen LogP contribution in [0.4, 0.5) is 0 Å². The van der Waals surface area contributed by atoms with Gasteiger partial charge in [0, 0.05) is 7.57 Å². The van der Waals surface area contributed by atoms with Gasteiger partial charge < -0.3 is 11.5 Å². The highest BCUT2D eigenvalue weighted by Crippen LogP contribution is 2.21. The highest BCUT2D eigenvalue weighted by molar-refractivity contribution is 7.92. The Bertz CT molecular complexity index is 718. The number of primary amides is 1. The lowest BCUT2D eigenvalue weighted by molar-refractivity contribution is -0.120. The van der Waals surface area contributed by atoms with Crippen molar-refractivity contribution in [1.82, 2.24) is 4.98 Å². The van der Waals surface area contributed by atoms with Gasteiger partial charge in [0.2, 0.25) is 11.7 Å². The Balaban J connectivity index is 3.32. The Morgan fingerprint density at radius 3 is 2.29 bits per heavy atom. The third-order valence-corrected chi connectivity index (χ3v) is 5.78. The number of carbonyl (C=O) groups is 2. The number of hydrogen-bond acceptors (Lipinski definition) is 6. The first kappa shape index (κ1) is 18.5. The SMILES string of the molecule is [2H]C(CCC)(CCC)S(=O)(=O)C[C@](N)(C(N)=O)C(=O)c1ccccn1. The first-order chi connectivity index (χ1) is 11.5. The number of ketones is 1. The minimum atomic E-state index is -4.21. The molecule has 134 valence electrons. The van der Waals surface area contributed by atoms with E-state index in [1.165, 1.54) is 18.3 Å². The number of carbonyl (C=O) groups excluding carboxylic acids is 2. The van der Waals surface area contributed by atoms with Gasteiger partial charge >= 0.3 is 0 Å². The van der Waals surface area contributed by atoms with Crippen molar-refractivity contribution in [3.63, 3.8) is 0 Å². The van der Waals surface area contributed by atoms with Gasteiger partial charge in [0.25, 0.3) is 0 Å². The lowest BCUT2D eigenvalue weighted by atomic mass is 9.94. The number of amides is 1. The van der Waals surface area contributed by atoms with Crippen LogP contribution < -0.4 is 11.5 Å². The zero-order chi connectivity index (χ0) is 19.3. The van der Waals surface area contributed by atoms with E-state index in [4.69, 9.17) is 12.8 Å². The molecule has 0 spiro atoms. The maximum atomic E-state index is 12.8. The summed E-state index contributed by atoms with van der Waals surface area (Å²) in [6, 6.07) is 4.40. The topological polar surface area (TPSA) is 133 Å². The third kappa shape index (κ3) is 4.61. The molecule has 0 unspecified atom stereocenters. The summed E-state index contributed by atoms with van der Waals surface area (Å²) in [7, 11) is -4.21. The Kier molecular flexibility index (Phi) is 6.44. The zero-order valence-corrected chi connectivity index (χ0v) is 14.8. The van der Waals surface area contributed by atoms with Crippen molar-refractivity contribution in [2.45, 2.75) is 50.3 Å². The lowest BCUT2D eigenvalue weighted by Gasteiger charge is -2.26. The normalized spacial score (nSPS) is 15.4. The van der Waals surface area contributed by atoms with Crippen molar-refractivity contribution in [1.29, 1.82) is 0 Å². The van der Waals surface area contributed by atoms with Gasteiger partial charge in [0.05, 0.1) is 11.0 Å². The fourth-order valence-electron chi connectivity index (χ4n) is 2.37. The van der Waals surface area contributed by atoms with E-state index in [0.29, 0.717) is 12.8 Å². The highest BCUT2D eigenvalue weighted by atomic mass is 32.2. The molecule has 0 aliphatic rings. The van der Waals surface area contributed by atoms with E-state index in [9.17, 15) is 18.0 Å². The maximum Gasteiger partial charge on any atom is 0.246 e. The molecule has 0 aliphatic carbocycles. The van der Waals surface area contributed by atoms with Crippen LogP contribution in [-0.2, 0) is 14.6 Å². The minimum absolute atomic E-state index is 0.0792. The van der Waals surface area contributed by atoms with Gasteiger partial charge in [-0.3, -0.25) is 14.6 Å². The summed E-state index contributed by atoms with van der Waals surface area (Å²) in [4.78, 5) is 28.3. The molecule has 0 aliphatic heterocycles. The van der Waals surface area contributed by atoms with Gasteiger partial charge in [0.15, 0.2) is 15.4 Å². The molecule has 1 atom stereocenters. The van der Waals surface area contributed by atoms with Crippen LogP contribution in [-0.4, -0.2) is 41.6 Å². The van der Waals surface area contributed by atoms with Gasteiger partial charge in [-0.25, -0.2) is 8.42 Å². The summed E-state index contributed by atoms with van der Waals surface area (Å²) >= 11 is 0. The maximum absolute atomic E-state index is 12.8. The Morgan fingerprint density at radius 1 is 1.29 bits per heavy atom. The highest BCUT2D eigenvalue weighted by Gasteiger charge is 2.46. The molecule has 1 amide bonds. The molecule has 1 aromatic rings. The van der Waals surface area contributed by atoms with Crippen molar-refractivity contribution in [3.8, 4) is 0 Å².